The van der Waals surface area contributed by atoms with Crippen LogP contribution in [0.25, 0.3) is 6.08 Å². The number of imide groups is 1. The molecule has 0 aliphatic carbocycles. The highest BCUT2D eigenvalue weighted by Gasteiger charge is 2.38. The number of aliphatic hydroxyl groups excluding tert-OH is 1. The summed E-state index contributed by atoms with van der Waals surface area (Å²) in [5, 5.41) is 8.78. The Balaban J connectivity index is 1.73. The van der Waals surface area contributed by atoms with Crippen LogP contribution in [-0.2, 0) is 9.59 Å². The van der Waals surface area contributed by atoms with Crippen molar-refractivity contribution in [1.82, 2.24) is 9.80 Å². The molecular weight excluding hydrogens is 380 g/mol. The first-order valence-corrected chi connectivity index (χ1v) is 10.2. The smallest absolute Gasteiger partial charge is 0.294 e. The van der Waals surface area contributed by atoms with Crippen molar-refractivity contribution in [1.29, 1.82) is 0 Å². The first-order chi connectivity index (χ1) is 13.5. The van der Waals surface area contributed by atoms with E-state index in [4.69, 9.17) is 4.74 Å². The second-order valence-electron chi connectivity index (χ2n) is 6.76. The number of hydrogen-bond acceptors (Lipinski definition) is 6. The maximum Gasteiger partial charge on any atom is 0.294 e. The molecule has 3 amide bonds. The number of hydrogen-bond donors (Lipinski definition) is 1. The average Bonchev–Trinajstić information content (AvgIpc) is 2.96. The number of methoxy groups -OCH3 is 1. The number of ether oxygens (including phenoxy) is 1. The van der Waals surface area contributed by atoms with E-state index in [1.807, 2.05) is 12.1 Å². The predicted octanol–water partition coefficient (Wildman–Crippen LogP) is 2.50. The lowest BCUT2D eigenvalue weighted by atomic mass is 9.99. The van der Waals surface area contributed by atoms with Crippen molar-refractivity contribution in [3.05, 3.63) is 34.7 Å². The van der Waals surface area contributed by atoms with Gasteiger partial charge in [0.1, 0.15) is 12.3 Å². The fourth-order valence-corrected chi connectivity index (χ4v) is 4.40. The number of rotatable bonds is 6. The largest absolute Gasteiger partial charge is 0.496 e. The van der Waals surface area contributed by atoms with Gasteiger partial charge in [-0.2, -0.15) is 0 Å². The molecule has 1 N–H and O–H groups in total. The molecule has 2 saturated heterocycles. The van der Waals surface area contributed by atoms with E-state index in [2.05, 4.69) is 0 Å². The van der Waals surface area contributed by atoms with Crippen LogP contribution in [-0.4, -0.2) is 64.8 Å². The van der Waals surface area contributed by atoms with Crippen molar-refractivity contribution >= 4 is 34.9 Å². The zero-order valence-electron chi connectivity index (χ0n) is 15.8. The third-order valence-electron chi connectivity index (χ3n) is 5.00. The molecule has 150 valence electrons. The SMILES string of the molecule is COc1ccccc1/C=C1\SC(=O)N(CC(=O)N2CCCC[C@H]2CCO)C1=O. The molecular formula is C20H24N2O5S. The van der Waals surface area contributed by atoms with Gasteiger partial charge in [-0.3, -0.25) is 19.3 Å². The fourth-order valence-electron chi connectivity index (χ4n) is 3.57. The van der Waals surface area contributed by atoms with E-state index in [0.717, 1.165) is 35.9 Å². The molecule has 1 aromatic carbocycles. The van der Waals surface area contributed by atoms with E-state index in [-0.39, 0.29) is 30.0 Å². The third-order valence-corrected chi connectivity index (χ3v) is 5.91. The lowest BCUT2D eigenvalue weighted by Gasteiger charge is -2.36. The molecule has 0 unspecified atom stereocenters. The molecule has 1 atom stereocenters. The van der Waals surface area contributed by atoms with Gasteiger partial charge < -0.3 is 14.7 Å². The highest BCUT2D eigenvalue weighted by Crippen LogP contribution is 2.34. The van der Waals surface area contributed by atoms with Crippen molar-refractivity contribution < 1.29 is 24.2 Å². The van der Waals surface area contributed by atoms with Crippen molar-refractivity contribution in [2.24, 2.45) is 0 Å². The van der Waals surface area contributed by atoms with Crippen LogP contribution in [0.5, 0.6) is 5.75 Å². The molecule has 0 spiro atoms. The number of nitrogens with zero attached hydrogens (tertiary/aromatic N) is 2. The minimum Gasteiger partial charge on any atom is -0.496 e. The molecule has 7 nitrogen and oxygen atoms in total. The topological polar surface area (TPSA) is 87.2 Å². The van der Waals surface area contributed by atoms with E-state index in [1.165, 1.54) is 0 Å². The van der Waals surface area contributed by atoms with Gasteiger partial charge in [0.2, 0.25) is 5.91 Å². The summed E-state index contributed by atoms with van der Waals surface area (Å²) >= 11 is 0.828. The van der Waals surface area contributed by atoms with Crippen molar-refractivity contribution in [2.45, 2.75) is 31.7 Å². The summed E-state index contributed by atoms with van der Waals surface area (Å²) in [6.45, 7) is 0.338. The quantitative estimate of drug-likeness (QED) is 0.733. The Bertz CT molecular complexity index is 793. The number of piperidine rings is 1. The van der Waals surface area contributed by atoms with Crippen LogP contribution in [0.15, 0.2) is 29.2 Å². The van der Waals surface area contributed by atoms with Crippen LogP contribution in [0.3, 0.4) is 0 Å². The second kappa shape index (κ2) is 9.25. The summed E-state index contributed by atoms with van der Waals surface area (Å²) < 4.78 is 5.28. The van der Waals surface area contributed by atoms with Crippen LogP contribution in [0.1, 0.15) is 31.2 Å². The number of likely N-dealkylation sites (tertiary alicyclic amines) is 1. The predicted molar refractivity (Wildman–Crippen MR) is 107 cm³/mol. The Morgan fingerprint density at radius 1 is 1.32 bits per heavy atom. The lowest BCUT2D eigenvalue weighted by Crippen LogP contribution is -2.49. The number of para-hydroxylation sites is 1. The number of aliphatic hydroxyl groups is 1. The minimum absolute atomic E-state index is 0.0116. The average molecular weight is 404 g/mol. The molecule has 3 rings (SSSR count). The van der Waals surface area contributed by atoms with Gasteiger partial charge in [-0.1, -0.05) is 18.2 Å². The molecule has 2 aliphatic rings. The monoisotopic (exact) mass is 404 g/mol. The van der Waals surface area contributed by atoms with Gasteiger partial charge in [0, 0.05) is 24.8 Å². The highest BCUT2D eigenvalue weighted by atomic mass is 32.2. The van der Waals surface area contributed by atoms with E-state index in [1.54, 1.807) is 30.2 Å². The number of carbonyl (C=O) groups excluding carboxylic acids is 3. The maximum atomic E-state index is 12.7. The second-order valence-corrected chi connectivity index (χ2v) is 7.75. The van der Waals surface area contributed by atoms with Crippen molar-refractivity contribution in [3.63, 3.8) is 0 Å². The molecule has 0 radical (unpaired) electrons. The molecule has 8 heteroatoms. The molecule has 0 saturated carbocycles. The maximum absolute atomic E-state index is 12.7. The summed E-state index contributed by atoms with van der Waals surface area (Å²) in [7, 11) is 1.54. The Morgan fingerprint density at radius 2 is 2.11 bits per heavy atom. The third kappa shape index (κ3) is 4.39. The Hall–Kier alpha value is -2.32. The standard InChI is InChI=1S/C20H24N2O5S/c1-27-16-8-3-2-6-14(16)12-17-19(25)22(20(26)28-17)13-18(24)21-10-5-4-7-15(21)9-11-23/h2-3,6,8,12,15,23H,4-5,7,9-11,13H2,1H3/b17-12-/t15-/m0/s1. The van der Waals surface area contributed by atoms with E-state index in [0.29, 0.717) is 24.3 Å². The molecule has 2 heterocycles. The lowest BCUT2D eigenvalue weighted by molar-refractivity contribution is -0.139. The number of amides is 3. The number of benzene rings is 1. The van der Waals surface area contributed by atoms with Gasteiger partial charge in [0.15, 0.2) is 0 Å². The Kier molecular flexibility index (Phi) is 6.74. The molecule has 1 aromatic rings. The molecule has 0 bridgehead atoms. The van der Waals surface area contributed by atoms with E-state index in [9.17, 15) is 19.5 Å². The number of thioether (sulfide) groups is 1. The van der Waals surface area contributed by atoms with Gasteiger partial charge in [0.25, 0.3) is 11.1 Å². The van der Waals surface area contributed by atoms with Crippen molar-refractivity contribution in [2.75, 3.05) is 26.8 Å². The first-order valence-electron chi connectivity index (χ1n) is 9.34. The van der Waals surface area contributed by atoms with Crippen LogP contribution >= 0.6 is 11.8 Å². The van der Waals surface area contributed by atoms with Crippen LogP contribution < -0.4 is 4.74 Å². The van der Waals surface area contributed by atoms with Gasteiger partial charge in [-0.25, -0.2) is 0 Å². The van der Waals surface area contributed by atoms with E-state index >= 15 is 0 Å². The summed E-state index contributed by atoms with van der Waals surface area (Å²) in [4.78, 5) is 40.8. The molecule has 2 fully saturated rings. The van der Waals surface area contributed by atoms with Crippen LogP contribution in [0.2, 0.25) is 0 Å². The van der Waals surface area contributed by atoms with Crippen molar-refractivity contribution in [3.8, 4) is 5.75 Å². The normalized spacial score (nSPS) is 21.5. The summed E-state index contributed by atoms with van der Waals surface area (Å²) in [5.74, 6) is -0.116. The Morgan fingerprint density at radius 3 is 2.86 bits per heavy atom. The van der Waals surface area contributed by atoms with Gasteiger partial charge in [-0.05, 0) is 49.6 Å². The highest BCUT2D eigenvalue weighted by molar-refractivity contribution is 8.18. The minimum atomic E-state index is -0.468. The first kappa shape index (κ1) is 20.4. The fraction of sp³-hybridized carbons (Fsp3) is 0.450. The molecule has 28 heavy (non-hydrogen) atoms. The van der Waals surface area contributed by atoms with Gasteiger partial charge in [0.05, 0.1) is 12.0 Å². The number of carbonyl (C=O) groups is 3. The van der Waals surface area contributed by atoms with Gasteiger partial charge in [-0.15, -0.1) is 0 Å². The summed E-state index contributed by atoms with van der Waals surface area (Å²) in [6, 6.07) is 7.18. The van der Waals surface area contributed by atoms with Gasteiger partial charge >= 0.3 is 0 Å². The zero-order valence-corrected chi connectivity index (χ0v) is 16.6. The molecule has 2 aliphatic heterocycles. The molecule has 0 aromatic heterocycles. The van der Waals surface area contributed by atoms with Crippen LogP contribution in [0, 0.1) is 0 Å². The Labute approximate surface area is 168 Å². The van der Waals surface area contributed by atoms with E-state index < -0.39 is 11.1 Å². The summed E-state index contributed by atoms with van der Waals surface area (Å²) in [6.07, 6.45) is 4.87. The van der Waals surface area contributed by atoms with Crippen LogP contribution in [0.4, 0.5) is 4.79 Å². The zero-order chi connectivity index (χ0) is 20.1. The summed E-state index contributed by atoms with van der Waals surface area (Å²) in [5.41, 5.74) is 0.695.